The minimum absolute atomic E-state index is 0.0205. The molecule has 1 atom stereocenters. The van der Waals surface area contributed by atoms with Crippen molar-refractivity contribution >= 4 is 11.6 Å². The topological polar surface area (TPSA) is 42.4 Å². The van der Waals surface area contributed by atoms with Gasteiger partial charge in [-0.3, -0.25) is 4.98 Å². The number of aliphatic hydroxyl groups excluding tert-OH is 1. The lowest BCUT2D eigenvalue weighted by atomic mass is 10.0. The molecule has 0 saturated carbocycles. The second-order valence-corrected chi connectivity index (χ2v) is 4.76. The molecule has 0 fully saturated rings. The summed E-state index contributed by atoms with van der Waals surface area (Å²) in [6, 6.07) is 6.17. The number of hydrogen-bond acceptors (Lipinski definition) is 3. The Morgan fingerprint density at radius 1 is 1.40 bits per heavy atom. The quantitative estimate of drug-likeness (QED) is 0.913. The van der Waals surface area contributed by atoms with Crippen molar-refractivity contribution in [1.29, 1.82) is 0 Å². The van der Waals surface area contributed by atoms with Gasteiger partial charge in [0, 0.05) is 17.3 Å². The van der Waals surface area contributed by atoms with E-state index < -0.39 is 11.9 Å². The Bertz CT molecular complexity index is 592. The van der Waals surface area contributed by atoms with E-state index in [9.17, 15) is 9.50 Å². The highest BCUT2D eigenvalue weighted by molar-refractivity contribution is 6.30. The van der Waals surface area contributed by atoms with Crippen molar-refractivity contribution in [2.24, 2.45) is 0 Å². The highest BCUT2D eigenvalue weighted by Gasteiger charge is 2.17. The van der Waals surface area contributed by atoms with Crippen LogP contribution in [0, 0.1) is 5.82 Å². The first-order chi connectivity index (χ1) is 9.63. The highest BCUT2D eigenvalue weighted by Crippen LogP contribution is 2.29. The Morgan fingerprint density at radius 2 is 2.20 bits per heavy atom. The third-order valence-electron chi connectivity index (χ3n) is 2.80. The molecule has 0 saturated heterocycles. The number of ether oxygens (including phenoxy) is 1. The molecule has 2 rings (SSSR count). The SMILES string of the molecule is CCCOc1cncc(C(O)c2cccc(Cl)c2F)c1. The number of aliphatic hydroxyl groups is 1. The van der Waals surface area contributed by atoms with Gasteiger partial charge >= 0.3 is 0 Å². The minimum atomic E-state index is -1.13. The molecule has 0 spiro atoms. The van der Waals surface area contributed by atoms with E-state index in [1.165, 1.54) is 18.3 Å². The maximum atomic E-state index is 13.9. The second kappa shape index (κ2) is 6.68. The van der Waals surface area contributed by atoms with Crippen LogP contribution in [0.4, 0.5) is 4.39 Å². The van der Waals surface area contributed by atoms with Gasteiger partial charge in [-0.25, -0.2) is 4.39 Å². The van der Waals surface area contributed by atoms with Gasteiger partial charge in [-0.15, -0.1) is 0 Å². The van der Waals surface area contributed by atoms with Crippen molar-refractivity contribution in [2.75, 3.05) is 6.61 Å². The molecular weight excluding hydrogens is 281 g/mol. The molecule has 0 amide bonds. The lowest BCUT2D eigenvalue weighted by Gasteiger charge is -2.14. The smallest absolute Gasteiger partial charge is 0.147 e. The summed E-state index contributed by atoms with van der Waals surface area (Å²) in [6.07, 6.45) is 2.77. The zero-order chi connectivity index (χ0) is 14.5. The third-order valence-corrected chi connectivity index (χ3v) is 3.09. The summed E-state index contributed by atoms with van der Waals surface area (Å²) in [5.41, 5.74) is 0.576. The van der Waals surface area contributed by atoms with Gasteiger partial charge in [0.1, 0.15) is 17.7 Å². The van der Waals surface area contributed by atoms with Gasteiger partial charge in [0.05, 0.1) is 17.8 Å². The van der Waals surface area contributed by atoms with E-state index >= 15 is 0 Å². The molecule has 1 aromatic carbocycles. The predicted octanol–water partition coefficient (Wildman–Crippen LogP) is 3.74. The number of halogens is 2. The van der Waals surface area contributed by atoms with Gasteiger partial charge in [-0.05, 0) is 18.6 Å². The molecule has 106 valence electrons. The van der Waals surface area contributed by atoms with E-state index in [1.807, 2.05) is 6.92 Å². The van der Waals surface area contributed by atoms with Crippen molar-refractivity contribution in [2.45, 2.75) is 19.4 Å². The largest absolute Gasteiger partial charge is 0.492 e. The van der Waals surface area contributed by atoms with Gasteiger partial charge in [0.2, 0.25) is 0 Å². The maximum absolute atomic E-state index is 13.9. The summed E-state index contributed by atoms with van der Waals surface area (Å²) < 4.78 is 19.3. The molecule has 0 bridgehead atoms. The molecule has 5 heteroatoms. The number of pyridine rings is 1. The van der Waals surface area contributed by atoms with Crippen LogP contribution in [-0.4, -0.2) is 16.7 Å². The number of nitrogens with zero attached hydrogens (tertiary/aromatic N) is 1. The lowest BCUT2D eigenvalue weighted by Crippen LogP contribution is -2.04. The van der Waals surface area contributed by atoms with Crippen molar-refractivity contribution in [3.05, 3.63) is 58.6 Å². The minimum Gasteiger partial charge on any atom is -0.492 e. The molecule has 0 aliphatic heterocycles. The summed E-state index contributed by atoms with van der Waals surface area (Å²) in [5, 5.41) is 10.2. The zero-order valence-corrected chi connectivity index (χ0v) is 11.8. The first-order valence-corrected chi connectivity index (χ1v) is 6.71. The van der Waals surface area contributed by atoms with Crippen LogP contribution in [0.25, 0.3) is 0 Å². The van der Waals surface area contributed by atoms with E-state index in [0.29, 0.717) is 17.9 Å². The van der Waals surface area contributed by atoms with Crippen LogP contribution >= 0.6 is 11.6 Å². The molecule has 3 nitrogen and oxygen atoms in total. The van der Waals surface area contributed by atoms with Crippen LogP contribution in [0.1, 0.15) is 30.6 Å². The van der Waals surface area contributed by atoms with Crippen molar-refractivity contribution < 1.29 is 14.2 Å². The van der Waals surface area contributed by atoms with Gasteiger partial charge in [-0.2, -0.15) is 0 Å². The number of aromatic nitrogens is 1. The Balaban J connectivity index is 2.28. The molecule has 2 aromatic rings. The number of hydrogen-bond donors (Lipinski definition) is 1. The van der Waals surface area contributed by atoms with Gasteiger partial charge in [0.15, 0.2) is 0 Å². The van der Waals surface area contributed by atoms with Gasteiger partial charge in [0.25, 0.3) is 0 Å². The Morgan fingerprint density at radius 3 is 2.95 bits per heavy atom. The molecular formula is C15H15ClFNO2. The second-order valence-electron chi connectivity index (χ2n) is 4.35. The van der Waals surface area contributed by atoms with Crippen LogP contribution in [0.2, 0.25) is 5.02 Å². The summed E-state index contributed by atoms with van der Waals surface area (Å²) >= 11 is 5.72. The average Bonchev–Trinajstić information content (AvgIpc) is 2.47. The molecule has 0 aliphatic rings. The standard InChI is InChI=1S/C15H15ClFNO2/c1-2-6-20-11-7-10(8-18-9-11)15(19)12-4-3-5-13(16)14(12)17/h3-5,7-9,15,19H,2,6H2,1H3. The molecule has 1 N–H and O–H groups in total. The summed E-state index contributed by atoms with van der Waals surface area (Å²) in [5.74, 6) is -0.0765. The monoisotopic (exact) mass is 295 g/mol. The predicted molar refractivity (Wildman–Crippen MR) is 75.5 cm³/mol. The molecule has 20 heavy (non-hydrogen) atoms. The summed E-state index contributed by atoms with van der Waals surface area (Å²) in [7, 11) is 0. The molecule has 0 radical (unpaired) electrons. The van der Waals surface area contributed by atoms with E-state index in [4.69, 9.17) is 16.3 Å². The molecule has 1 heterocycles. The first kappa shape index (κ1) is 14.8. The number of rotatable bonds is 5. The first-order valence-electron chi connectivity index (χ1n) is 6.33. The zero-order valence-electron chi connectivity index (χ0n) is 11.0. The van der Waals surface area contributed by atoms with E-state index in [1.54, 1.807) is 18.3 Å². The Kier molecular flexibility index (Phi) is 4.93. The fourth-order valence-electron chi connectivity index (χ4n) is 1.80. The van der Waals surface area contributed by atoms with Crippen LogP contribution in [-0.2, 0) is 0 Å². The normalized spacial score (nSPS) is 12.2. The van der Waals surface area contributed by atoms with Crippen LogP contribution < -0.4 is 4.74 Å². The van der Waals surface area contributed by atoms with Crippen molar-refractivity contribution in [1.82, 2.24) is 4.98 Å². The molecule has 1 unspecified atom stereocenters. The summed E-state index contributed by atoms with van der Waals surface area (Å²) in [6.45, 7) is 2.56. The highest BCUT2D eigenvalue weighted by atomic mass is 35.5. The van der Waals surface area contributed by atoms with Crippen LogP contribution in [0.15, 0.2) is 36.7 Å². The van der Waals surface area contributed by atoms with Crippen molar-refractivity contribution in [3.8, 4) is 5.75 Å². The Labute approximate surface area is 122 Å². The van der Waals surface area contributed by atoms with Crippen molar-refractivity contribution in [3.63, 3.8) is 0 Å². The van der Waals surface area contributed by atoms with Gasteiger partial charge in [-0.1, -0.05) is 30.7 Å². The maximum Gasteiger partial charge on any atom is 0.147 e. The summed E-state index contributed by atoms with van der Waals surface area (Å²) in [4.78, 5) is 4.00. The molecule has 1 aromatic heterocycles. The van der Waals surface area contributed by atoms with E-state index in [2.05, 4.69) is 4.98 Å². The number of benzene rings is 1. The van der Waals surface area contributed by atoms with E-state index in [0.717, 1.165) is 6.42 Å². The lowest BCUT2D eigenvalue weighted by molar-refractivity contribution is 0.213. The Hall–Kier alpha value is -1.65. The van der Waals surface area contributed by atoms with Crippen LogP contribution in [0.5, 0.6) is 5.75 Å². The van der Waals surface area contributed by atoms with E-state index in [-0.39, 0.29) is 10.6 Å². The van der Waals surface area contributed by atoms with Gasteiger partial charge < -0.3 is 9.84 Å². The third kappa shape index (κ3) is 3.26. The fourth-order valence-corrected chi connectivity index (χ4v) is 1.98. The van der Waals surface area contributed by atoms with Crippen LogP contribution in [0.3, 0.4) is 0 Å². The fraction of sp³-hybridized carbons (Fsp3) is 0.267. The molecule has 0 aliphatic carbocycles. The average molecular weight is 296 g/mol.